The lowest BCUT2D eigenvalue weighted by molar-refractivity contribution is 0.387. The molecule has 0 aromatic rings. The Balaban J connectivity index is 3.36. The molecule has 0 fully saturated rings. The molecular weight excluding hydrogens is 151 g/mol. The first kappa shape index (κ1) is 7.90. The van der Waals surface area contributed by atoms with Gasteiger partial charge in [-0.1, -0.05) is 23.0 Å². The molecule has 0 aliphatic rings. The zero-order chi connectivity index (χ0) is 5.91. The van der Waals surface area contributed by atoms with Crippen molar-refractivity contribution in [1.29, 1.82) is 0 Å². The van der Waals surface area contributed by atoms with Gasteiger partial charge in [-0.05, 0) is 6.92 Å². The minimum Gasteiger partial charge on any atom is -0.338 e. The summed E-state index contributed by atoms with van der Waals surface area (Å²) in [4.78, 5) is 0. The molecule has 0 aromatic heterocycles. The van der Waals surface area contributed by atoms with Gasteiger partial charge in [-0.25, -0.2) is 0 Å². The first-order valence-electron chi connectivity index (χ1n) is 1.98. The predicted molar refractivity (Wildman–Crippen MR) is 37.7 cm³/mol. The van der Waals surface area contributed by atoms with Gasteiger partial charge < -0.3 is 4.52 Å². The Labute approximate surface area is 53.9 Å². The van der Waals surface area contributed by atoms with Crippen molar-refractivity contribution >= 4 is 28.7 Å². The van der Waals surface area contributed by atoms with Crippen LogP contribution >= 0.6 is 16.9 Å². The summed E-state index contributed by atoms with van der Waals surface area (Å²) in [5, 5.41) is 0. The standard InChI is InChI=1S/C3H8ClOPS/c1-3-5-6(2,4)7/h3H2,1-2H3. The summed E-state index contributed by atoms with van der Waals surface area (Å²) in [6.07, 6.45) is 0. The zero-order valence-corrected chi connectivity index (χ0v) is 6.82. The van der Waals surface area contributed by atoms with Crippen molar-refractivity contribution in [2.24, 2.45) is 0 Å². The van der Waals surface area contributed by atoms with Gasteiger partial charge in [0.1, 0.15) is 5.62 Å². The first-order valence-corrected chi connectivity index (χ1v) is 6.05. The van der Waals surface area contributed by atoms with Gasteiger partial charge in [-0.2, -0.15) is 0 Å². The monoisotopic (exact) mass is 158 g/mol. The summed E-state index contributed by atoms with van der Waals surface area (Å²) >= 11 is 10.3. The van der Waals surface area contributed by atoms with Crippen molar-refractivity contribution in [2.75, 3.05) is 13.3 Å². The molecule has 0 aliphatic carbocycles. The average molecular weight is 159 g/mol. The SMILES string of the molecule is CCOP(C)(=S)Cl. The molecule has 1 atom stereocenters. The quantitative estimate of drug-likeness (QED) is 0.570. The topological polar surface area (TPSA) is 9.23 Å². The van der Waals surface area contributed by atoms with Gasteiger partial charge in [0.25, 0.3) is 0 Å². The van der Waals surface area contributed by atoms with E-state index < -0.39 is 5.62 Å². The van der Waals surface area contributed by atoms with Gasteiger partial charge in [0, 0.05) is 6.66 Å². The third-order valence-corrected chi connectivity index (χ3v) is 1.69. The molecule has 1 unspecified atom stereocenters. The Morgan fingerprint density at radius 3 is 2.29 bits per heavy atom. The Kier molecular flexibility index (Phi) is 3.42. The smallest absolute Gasteiger partial charge is 0.148 e. The number of rotatable bonds is 2. The van der Waals surface area contributed by atoms with E-state index in [2.05, 4.69) is 0 Å². The summed E-state index contributed by atoms with van der Waals surface area (Å²) < 4.78 is 4.92. The fraction of sp³-hybridized carbons (Fsp3) is 1.00. The predicted octanol–water partition coefficient (Wildman–Crippen LogP) is 2.20. The largest absolute Gasteiger partial charge is 0.338 e. The van der Waals surface area contributed by atoms with E-state index in [1.807, 2.05) is 6.92 Å². The van der Waals surface area contributed by atoms with E-state index in [0.29, 0.717) is 6.61 Å². The molecule has 0 aliphatic heterocycles. The summed E-state index contributed by atoms with van der Waals surface area (Å²) in [7, 11) is 0. The number of hydrogen-bond acceptors (Lipinski definition) is 2. The maximum atomic E-state index is 5.54. The molecule has 0 N–H and O–H groups in total. The number of halogens is 1. The van der Waals surface area contributed by atoms with Crippen LogP contribution in [0.15, 0.2) is 0 Å². The highest BCUT2D eigenvalue weighted by Crippen LogP contribution is 2.48. The highest BCUT2D eigenvalue weighted by atomic mass is 35.7. The molecule has 0 bridgehead atoms. The van der Waals surface area contributed by atoms with Crippen LogP contribution in [0.5, 0.6) is 0 Å². The fourth-order valence-corrected chi connectivity index (χ4v) is 1.30. The van der Waals surface area contributed by atoms with Crippen LogP contribution in [0.25, 0.3) is 0 Å². The maximum absolute atomic E-state index is 5.54. The van der Waals surface area contributed by atoms with Crippen LogP contribution in [0.1, 0.15) is 6.92 Å². The van der Waals surface area contributed by atoms with Crippen LogP contribution in [-0.2, 0) is 16.3 Å². The minimum absolute atomic E-state index is 0.622. The third-order valence-electron chi connectivity index (χ3n) is 0.360. The van der Waals surface area contributed by atoms with Gasteiger partial charge >= 0.3 is 0 Å². The maximum Gasteiger partial charge on any atom is 0.148 e. The van der Waals surface area contributed by atoms with E-state index in [4.69, 9.17) is 27.6 Å². The molecule has 0 radical (unpaired) electrons. The molecule has 0 rings (SSSR count). The van der Waals surface area contributed by atoms with Gasteiger partial charge in [0.05, 0.1) is 6.61 Å². The van der Waals surface area contributed by atoms with Crippen molar-refractivity contribution < 1.29 is 4.52 Å². The molecule has 4 heteroatoms. The van der Waals surface area contributed by atoms with E-state index >= 15 is 0 Å². The molecule has 7 heavy (non-hydrogen) atoms. The van der Waals surface area contributed by atoms with Crippen LogP contribution in [0.2, 0.25) is 0 Å². The van der Waals surface area contributed by atoms with Gasteiger partial charge in [-0.3, -0.25) is 0 Å². The van der Waals surface area contributed by atoms with E-state index in [-0.39, 0.29) is 0 Å². The highest BCUT2D eigenvalue weighted by molar-refractivity contribution is 8.24. The molecular formula is C3H8ClOPS. The van der Waals surface area contributed by atoms with E-state index in [9.17, 15) is 0 Å². The van der Waals surface area contributed by atoms with Crippen LogP contribution in [0.4, 0.5) is 0 Å². The Bertz CT molecular complexity index is 88.9. The molecule has 0 heterocycles. The number of hydrogen-bond donors (Lipinski definition) is 0. The Morgan fingerprint density at radius 2 is 2.29 bits per heavy atom. The first-order chi connectivity index (χ1) is 3.06. The van der Waals surface area contributed by atoms with Crippen molar-refractivity contribution in [3.8, 4) is 0 Å². The van der Waals surface area contributed by atoms with Gasteiger partial charge in [0.2, 0.25) is 0 Å². The summed E-state index contributed by atoms with van der Waals surface area (Å²) in [6, 6.07) is 0. The molecule has 44 valence electrons. The van der Waals surface area contributed by atoms with E-state index in [1.54, 1.807) is 6.66 Å². The average Bonchev–Trinajstić information content (AvgIpc) is 1.30. The van der Waals surface area contributed by atoms with Crippen LogP contribution in [-0.4, -0.2) is 13.3 Å². The van der Waals surface area contributed by atoms with Gasteiger partial charge in [0.15, 0.2) is 0 Å². The Morgan fingerprint density at radius 1 is 1.86 bits per heavy atom. The van der Waals surface area contributed by atoms with Crippen molar-refractivity contribution in [2.45, 2.75) is 6.92 Å². The fourth-order valence-electron chi connectivity index (χ4n) is 0.231. The highest BCUT2D eigenvalue weighted by Gasteiger charge is 2.00. The summed E-state index contributed by atoms with van der Waals surface area (Å²) in [5.41, 5.74) is -1.86. The second kappa shape index (κ2) is 3.03. The van der Waals surface area contributed by atoms with Crippen molar-refractivity contribution in [3.05, 3.63) is 0 Å². The van der Waals surface area contributed by atoms with E-state index in [1.165, 1.54) is 0 Å². The lowest BCUT2D eigenvalue weighted by Crippen LogP contribution is -1.78. The lowest BCUT2D eigenvalue weighted by Gasteiger charge is -2.04. The van der Waals surface area contributed by atoms with E-state index in [0.717, 1.165) is 0 Å². The zero-order valence-electron chi connectivity index (χ0n) is 4.35. The molecule has 0 saturated heterocycles. The van der Waals surface area contributed by atoms with Crippen LogP contribution in [0.3, 0.4) is 0 Å². The second-order valence-electron chi connectivity index (χ2n) is 1.16. The van der Waals surface area contributed by atoms with Crippen LogP contribution in [0, 0.1) is 0 Å². The van der Waals surface area contributed by atoms with Crippen molar-refractivity contribution in [1.82, 2.24) is 0 Å². The molecule has 0 spiro atoms. The Hall–Kier alpha value is 0.900. The van der Waals surface area contributed by atoms with Crippen LogP contribution < -0.4 is 0 Å². The normalized spacial score (nSPS) is 18.7. The third kappa shape index (κ3) is 6.90. The second-order valence-corrected chi connectivity index (χ2v) is 7.54. The van der Waals surface area contributed by atoms with Crippen molar-refractivity contribution in [3.63, 3.8) is 0 Å². The molecule has 0 aromatic carbocycles. The lowest BCUT2D eigenvalue weighted by atomic mass is 10.9. The summed E-state index contributed by atoms with van der Waals surface area (Å²) in [6.45, 7) is 4.25. The van der Waals surface area contributed by atoms with Gasteiger partial charge in [-0.15, -0.1) is 0 Å². The molecule has 0 amide bonds. The summed E-state index contributed by atoms with van der Waals surface area (Å²) in [5.74, 6) is 0. The minimum atomic E-state index is -1.86. The molecule has 1 nitrogen and oxygen atoms in total. The molecule has 0 saturated carbocycles.